The molecule has 0 aromatic heterocycles. The highest BCUT2D eigenvalue weighted by Crippen LogP contribution is 2.47. The van der Waals surface area contributed by atoms with Gasteiger partial charge in [-0.1, -0.05) is 6.92 Å². The summed E-state index contributed by atoms with van der Waals surface area (Å²) in [5.74, 6) is 1.44. The summed E-state index contributed by atoms with van der Waals surface area (Å²) in [7, 11) is 1.70. The average molecular weight is 326 g/mol. The zero-order valence-electron chi connectivity index (χ0n) is 11.9. The molecule has 0 unspecified atom stereocenters. The first-order chi connectivity index (χ1) is 9.01. The van der Waals surface area contributed by atoms with Gasteiger partial charge in [0.2, 0.25) is 5.91 Å². The number of methoxy groups -OCH3 is 1. The summed E-state index contributed by atoms with van der Waals surface area (Å²) in [6, 6.07) is 2.05. The molecule has 1 aromatic rings. The number of carbonyl (C=O) groups is 1. The van der Waals surface area contributed by atoms with Crippen LogP contribution in [-0.4, -0.2) is 19.6 Å². The molecule has 0 saturated carbocycles. The Kier molecular flexibility index (Phi) is 4.19. The van der Waals surface area contributed by atoms with E-state index >= 15 is 0 Å². The van der Waals surface area contributed by atoms with Gasteiger partial charge in [0.25, 0.3) is 0 Å². The molecule has 0 radical (unpaired) electrons. The highest BCUT2D eigenvalue weighted by Gasteiger charge is 2.31. The molecule has 3 nitrogen and oxygen atoms in total. The van der Waals surface area contributed by atoms with Crippen molar-refractivity contribution in [3.8, 4) is 5.75 Å². The summed E-state index contributed by atoms with van der Waals surface area (Å²) >= 11 is 3.65. The molecule has 19 heavy (non-hydrogen) atoms. The molecule has 1 amide bonds. The summed E-state index contributed by atoms with van der Waals surface area (Å²) in [5, 5.41) is 0. The Morgan fingerprint density at radius 3 is 2.79 bits per heavy atom. The molecular formula is C15H20BrNO2. The van der Waals surface area contributed by atoms with Crippen molar-refractivity contribution in [1.29, 1.82) is 0 Å². The van der Waals surface area contributed by atoms with Crippen LogP contribution in [0.25, 0.3) is 0 Å². The van der Waals surface area contributed by atoms with Gasteiger partial charge in [-0.05, 0) is 53.2 Å². The fourth-order valence-electron chi connectivity index (χ4n) is 2.85. The molecule has 0 N–H and O–H groups in total. The Balaban J connectivity index is 2.72. The molecule has 1 atom stereocenters. The van der Waals surface area contributed by atoms with Gasteiger partial charge < -0.3 is 9.64 Å². The first-order valence-electron chi connectivity index (χ1n) is 6.66. The summed E-state index contributed by atoms with van der Waals surface area (Å²) in [5.41, 5.74) is 3.27. The molecule has 104 valence electrons. The second-order valence-corrected chi connectivity index (χ2v) is 5.83. The lowest BCUT2D eigenvalue weighted by atomic mass is 9.86. The lowest BCUT2D eigenvalue weighted by Crippen LogP contribution is -2.35. The van der Waals surface area contributed by atoms with E-state index in [-0.39, 0.29) is 5.91 Å². The number of fused-ring (bicyclic) bond motifs is 1. The van der Waals surface area contributed by atoms with Crippen molar-refractivity contribution in [3.05, 3.63) is 21.7 Å². The van der Waals surface area contributed by atoms with E-state index < -0.39 is 0 Å². The van der Waals surface area contributed by atoms with Crippen molar-refractivity contribution >= 4 is 27.5 Å². The first-order valence-corrected chi connectivity index (χ1v) is 7.45. The number of benzene rings is 1. The number of ether oxygens (including phenoxy) is 1. The minimum atomic E-state index is 0.0872. The van der Waals surface area contributed by atoms with E-state index in [0.29, 0.717) is 5.92 Å². The second kappa shape index (κ2) is 5.53. The first kappa shape index (κ1) is 14.4. The monoisotopic (exact) mass is 325 g/mol. The Bertz CT molecular complexity index is 513. The normalized spacial score (nSPS) is 18.2. The van der Waals surface area contributed by atoms with Gasteiger partial charge in [-0.2, -0.15) is 0 Å². The van der Waals surface area contributed by atoms with Crippen molar-refractivity contribution in [3.63, 3.8) is 0 Å². The van der Waals surface area contributed by atoms with Crippen LogP contribution in [0.5, 0.6) is 5.75 Å². The van der Waals surface area contributed by atoms with Gasteiger partial charge in [0.15, 0.2) is 0 Å². The minimum Gasteiger partial charge on any atom is -0.496 e. The predicted molar refractivity (Wildman–Crippen MR) is 81.1 cm³/mol. The van der Waals surface area contributed by atoms with Crippen LogP contribution in [0.2, 0.25) is 0 Å². The van der Waals surface area contributed by atoms with Crippen LogP contribution in [0.4, 0.5) is 5.69 Å². The van der Waals surface area contributed by atoms with Gasteiger partial charge in [-0.25, -0.2) is 0 Å². The van der Waals surface area contributed by atoms with Crippen LogP contribution >= 0.6 is 15.9 Å². The fourth-order valence-corrected chi connectivity index (χ4v) is 3.39. The maximum Gasteiger partial charge on any atom is 0.223 e. The number of carbonyl (C=O) groups excluding carboxylic acids is 1. The third kappa shape index (κ3) is 2.38. The zero-order chi connectivity index (χ0) is 14.2. The molecule has 1 aromatic carbocycles. The van der Waals surface area contributed by atoms with Gasteiger partial charge in [0.1, 0.15) is 5.75 Å². The highest BCUT2D eigenvalue weighted by molar-refractivity contribution is 9.10. The van der Waals surface area contributed by atoms with E-state index in [1.54, 1.807) is 14.0 Å². The van der Waals surface area contributed by atoms with Crippen molar-refractivity contribution in [1.82, 2.24) is 0 Å². The fraction of sp³-hybridized carbons (Fsp3) is 0.533. The van der Waals surface area contributed by atoms with Crippen LogP contribution in [0.15, 0.2) is 10.5 Å². The van der Waals surface area contributed by atoms with Gasteiger partial charge in [-0.15, -0.1) is 0 Å². The molecular weight excluding hydrogens is 306 g/mol. The summed E-state index contributed by atoms with van der Waals surface area (Å²) < 4.78 is 6.56. The van der Waals surface area contributed by atoms with Crippen LogP contribution in [0.3, 0.4) is 0 Å². The van der Waals surface area contributed by atoms with Crippen LogP contribution in [-0.2, 0) is 4.79 Å². The van der Waals surface area contributed by atoms with Crippen molar-refractivity contribution < 1.29 is 9.53 Å². The van der Waals surface area contributed by atoms with Gasteiger partial charge >= 0.3 is 0 Å². The van der Waals surface area contributed by atoms with E-state index in [2.05, 4.69) is 28.9 Å². The molecule has 0 saturated heterocycles. The SMILES string of the molecule is CC[C@@H]1CCN(C(C)=O)c2c(Br)c(C)cc(OC)c21. The van der Waals surface area contributed by atoms with Crippen molar-refractivity contribution in [2.75, 3.05) is 18.6 Å². The van der Waals surface area contributed by atoms with Gasteiger partial charge in [0.05, 0.1) is 12.8 Å². The Hall–Kier alpha value is -1.03. The molecule has 2 rings (SSSR count). The molecule has 1 aliphatic heterocycles. The maximum atomic E-state index is 11.9. The number of aryl methyl sites for hydroxylation is 1. The Morgan fingerprint density at radius 2 is 2.26 bits per heavy atom. The number of hydrogen-bond donors (Lipinski definition) is 0. The third-order valence-electron chi connectivity index (χ3n) is 3.89. The van der Waals surface area contributed by atoms with Crippen LogP contribution in [0.1, 0.15) is 43.7 Å². The largest absolute Gasteiger partial charge is 0.496 e. The maximum absolute atomic E-state index is 11.9. The number of anilines is 1. The second-order valence-electron chi connectivity index (χ2n) is 5.04. The number of nitrogens with zero attached hydrogens (tertiary/aromatic N) is 1. The van der Waals surface area contributed by atoms with E-state index in [1.165, 1.54) is 5.56 Å². The molecule has 0 spiro atoms. The smallest absolute Gasteiger partial charge is 0.223 e. The van der Waals surface area contributed by atoms with E-state index in [1.807, 2.05) is 11.8 Å². The topological polar surface area (TPSA) is 29.5 Å². The molecule has 0 bridgehead atoms. The lowest BCUT2D eigenvalue weighted by Gasteiger charge is -2.36. The van der Waals surface area contributed by atoms with E-state index in [0.717, 1.165) is 40.9 Å². The van der Waals surface area contributed by atoms with Crippen molar-refractivity contribution in [2.24, 2.45) is 0 Å². The zero-order valence-corrected chi connectivity index (χ0v) is 13.5. The third-order valence-corrected chi connectivity index (χ3v) is 4.90. The minimum absolute atomic E-state index is 0.0872. The summed E-state index contributed by atoms with van der Waals surface area (Å²) in [6.07, 6.45) is 2.06. The lowest BCUT2D eigenvalue weighted by molar-refractivity contribution is -0.116. The molecule has 1 aliphatic rings. The highest BCUT2D eigenvalue weighted by atomic mass is 79.9. The molecule has 1 heterocycles. The number of amides is 1. The van der Waals surface area contributed by atoms with E-state index in [4.69, 9.17) is 4.74 Å². The number of halogens is 1. The molecule has 0 aliphatic carbocycles. The standard InChI is InChI=1S/C15H20BrNO2/c1-5-11-6-7-17(10(3)18)15-13(11)12(19-4)8-9(2)14(15)16/h8,11H,5-7H2,1-4H3/t11-/m1/s1. The van der Waals surface area contributed by atoms with Gasteiger partial charge in [0, 0.05) is 23.5 Å². The van der Waals surface area contributed by atoms with Crippen LogP contribution < -0.4 is 9.64 Å². The Morgan fingerprint density at radius 1 is 1.58 bits per heavy atom. The Labute approximate surface area is 123 Å². The quantitative estimate of drug-likeness (QED) is 0.822. The average Bonchev–Trinajstić information content (AvgIpc) is 2.41. The summed E-state index contributed by atoms with van der Waals surface area (Å²) in [4.78, 5) is 13.7. The van der Waals surface area contributed by atoms with E-state index in [9.17, 15) is 4.79 Å². The van der Waals surface area contributed by atoms with Crippen LogP contribution in [0, 0.1) is 6.92 Å². The molecule has 0 fully saturated rings. The van der Waals surface area contributed by atoms with Gasteiger partial charge in [-0.3, -0.25) is 4.79 Å². The predicted octanol–water partition coefficient (Wildman–Crippen LogP) is 4.02. The number of rotatable bonds is 2. The van der Waals surface area contributed by atoms with Crippen molar-refractivity contribution in [2.45, 2.75) is 39.5 Å². The molecule has 4 heteroatoms. The number of hydrogen-bond acceptors (Lipinski definition) is 2. The summed E-state index contributed by atoms with van der Waals surface area (Å²) in [6.45, 7) is 6.62.